The number of nitrogens with two attached hydrogens (primary N) is 1. The molecule has 0 amide bonds. The summed E-state index contributed by atoms with van der Waals surface area (Å²) in [5, 5.41) is 1.29. The summed E-state index contributed by atoms with van der Waals surface area (Å²) in [4.78, 5) is 5.86. The van der Waals surface area contributed by atoms with Crippen molar-refractivity contribution >= 4 is 23.1 Å². The molecule has 2 heterocycles. The Balaban J connectivity index is 2.15. The van der Waals surface area contributed by atoms with Crippen LogP contribution in [0.1, 0.15) is 29.7 Å². The molecule has 0 bridgehead atoms. The van der Waals surface area contributed by atoms with Crippen LogP contribution in [0.25, 0.3) is 0 Å². The van der Waals surface area contributed by atoms with Crippen molar-refractivity contribution in [2.75, 3.05) is 12.3 Å². The van der Waals surface area contributed by atoms with Crippen molar-refractivity contribution < 1.29 is 0 Å². The summed E-state index contributed by atoms with van der Waals surface area (Å²) in [7, 11) is 0. The molecule has 14 heavy (non-hydrogen) atoms. The van der Waals surface area contributed by atoms with Crippen LogP contribution in [0.15, 0.2) is 6.20 Å². The van der Waals surface area contributed by atoms with Gasteiger partial charge in [-0.2, -0.15) is 0 Å². The second-order valence-electron chi connectivity index (χ2n) is 3.85. The van der Waals surface area contributed by atoms with E-state index in [1.54, 1.807) is 0 Å². The van der Waals surface area contributed by atoms with Gasteiger partial charge in [-0.15, -0.1) is 23.1 Å². The average Bonchev–Trinajstić information content (AvgIpc) is 2.75. The van der Waals surface area contributed by atoms with E-state index in [2.05, 4.69) is 11.9 Å². The summed E-state index contributed by atoms with van der Waals surface area (Å²) in [6.45, 7) is 3.04. The van der Waals surface area contributed by atoms with E-state index < -0.39 is 0 Å². The normalized spacial score (nSPS) is 27.0. The van der Waals surface area contributed by atoms with Gasteiger partial charge in [0.25, 0.3) is 0 Å². The van der Waals surface area contributed by atoms with Gasteiger partial charge in [0.05, 0.1) is 4.75 Å². The Bertz CT molecular complexity index is 303. The Morgan fingerprint density at radius 2 is 2.50 bits per heavy atom. The Kier molecular flexibility index (Phi) is 3.14. The summed E-state index contributed by atoms with van der Waals surface area (Å²) in [5.74, 6) is 1.28. The largest absolute Gasteiger partial charge is 0.330 e. The van der Waals surface area contributed by atoms with Crippen LogP contribution in [-0.2, 0) is 11.2 Å². The van der Waals surface area contributed by atoms with E-state index in [4.69, 9.17) is 5.73 Å². The lowest BCUT2D eigenvalue weighted by Crippen LogP contribution is -2.11. The molecule has 0 saturated carbocycles. The van der Waals surface area contributed by atoms with Gasteiger partial charge in [0.1, 0.15) is 5.01 Å². The molecule has 4 heteroatoms. The van der Waals surface area contributed by atoms with Gasteiger partial charge in [-0.25, -0.2) is 4.98 Å². The molecule has 1 aliphatic rings. The fourth-order valence-corrected chi connectivity index (χ4v) is 4.26. The highest BCUT2D eigenvalue weighted by Crippen LogP contribution is 2.47. The molecule has 1 fully saturated rings. The van der Waals surface area contributed by atoms with Gasteiger partial charge in [-0.3, -0.25) is 0 Å². The molecule has 1 aliphatic heterocycles. The molecule has 78 valence electrons. The van der Waals surface area contributed by atoms with Gasteiger partial charge in [0.2, 0.25) is 0 Å². The van der Waals surface area contributed by atoms with Gasteiger partial charge < -0.3 is 5.73 Å². The highest BCUT2D eigenvalue weighted by atomic mass is 32.2. The van der Waals surface area contributed by atoms with Crippen molar-refractivity contribution in [1.82, 2.24) is 4.98 Å². The van der Waals surface area contributed by atoms with Gasteiger partial charge in [0, 0.05) is 11.1 Å². The fourth-order valence-electron chi connectivity index (χ4n) is 1.76. The van der Waals surface area contributed by atoms with Crippen LogP contribution in [0.5, 0.6) is 0 Å². The lowest BCUT2D eigenvalue weighted by molar-refractivity contribution is 0.641. The summed E-state index contributed by atoms with van der Waals surface area (Å²) in [6, 6.07) is 0. The maximum Gasteiger partial charge on any atom is 0.109 e. The minimum absolute atomic E-state index is 0.289. The molecule has 2 rings (SSSR count). The second-order valence-corrected chi connectivity index (χ2v) is 6.57. The maximum atomic E-state index is 5.53. The van der Waals surface area contributed by atoms with E-state index in [1.165, 1.54) is 28.5 Å². The highest BCUT2D eigenvalue weighted by molar-refractivity contribution is 8.00. The molecule has 1 saturated heterocycles. The Labute approximate surface area is 93.3 Å². The second kappa shape index (κ2) is 4.21. The number of rotatable bonds is 3. The van der Waals surface area contributed by atoms with Gasteiger partial charge in [-0.05, 0) is 38.5 Å². The van der Waals surface area contributed by atoms with Gasteiger partial charge >= 0.3 is 0 Å². The Morgan fingerprint density at radius 1 is 1.64 bits per heavy atom. The zero-order valence-electron chi connectivity index (χ0n) is 8.45. The number of hydrogen-bond acceptors (Lipinski definition) is 4. The van der Waals surface area contributed by atoms with E-state index in [-0.39, 0.29) is 4.75 Å². The Hall–Kier alpha value is -0.0600. The molecule has 0 radical (unpaired) electrons. The van der Waals surface area contributed by atoms with Crippen LogP contribution in [0.4, 0.5) is 0 Å². The molecule has 1 aromatic rings. The summed E-state index contributed by atoms with van der Waals surface area (Å²) in [6.07, 6.45) is 5.57. The molecule has 0 spiro atoms. The molecule has 2 N–H and O–H groups in total. The van der Waals surface area contributed by atoms with Crippen molar-refractivity contribution in [3.63, 3.8) is 0 Å². The third kappa shape index (κ3) is 1.97. The molecule has 0 aromatic carbocycles. The molecular formula is C10H16N2S2. The van der Waals surface area contributed by atoms with E-state index in [1.807, 2.05) is 29.3 Å². The molecule has 1 aromatic heterocycles. The molecule has 1 atom stereocenters. The van der Waals surface area contributed by atoms with Crippen LogP contribution in [0.3, 0.4) is 0 Å². The highest BCUT2D eigenvalue weighted by Gasteiger charge is 2.34. The smallest absolute Gasteiger partial charge is 0.109 e. The first-order valence-electron chi connectivity index (χ1n) is 5.04. The fraction of sp³-hybridized carbons (Fsp3) is 0.700. The van der Waals surface area contributed by atoms with Crippen LogP contribution >= 0.6 is 23.1 Å². The van der Waals surface area contributed by atoms with Crippen LogP contribution in [0.2, 0.25) is 0 Å². The Morgan fingerprint density at radius 3 is 3.14 bits per heavy atom. The van der Waals surface area contributed by atoms with Crippen LogP contribution < -0.4 is 5.73 Å². The van der Waals surface area contributed by atoms with Gasteiger partial charge in [0.15, 0.2) is 0 Å². The van der Waals surface area contributed by atoms with Gasteiger partial charge in [-0.1, -0.05) is 0 Å². The summed E-state index contributed by atoms with van der Waals surface area (Å²) >= 11 is 3.89. The van der Waals surface area contributed by atoms with Crippen molar-refractivity contribution in [2.24, 2.45) is 5.73 Å². The number of thioether (sulfide) groups is 1. The third-order valence-electron chi connectivity index (χ3n) is 2.62. The average molecular weight is 228 g/mol. The van der Waals surface area contributed by atoms with E-state index in [0.717, 1.165) is 13.0 Å². The van der Waals surface area contributed by atoms with Crippen molar-refractivity contribution in [3.05, 3.63) is 16.1 Å². The topological polar surface area (TPSA) is 38.9 Å². The number of hydrogen-bond donors (Lipinski definition) is 1. The standard InChI is InChI=1S/C10H16N2S2/c1-10(4-2-6-13-10)9-12-7-8(14-9)3-5-11/h7H,2-6,11H2,1H3. The minimum Gasteiger partial charge on any atom is -0.330 e. The number of nitrogens with zero attached hydrogens (tertiary/aromatic N) is 1. The van der Waals surface area contributed by atoms with Crippen molar-refractivity contribution in [2.45, 2.75) is 30.9 Å². The van der Waals surface area contributed by atoms with Crippen molar-refractivity contribution in [3.8, 4) is 0 Å². The van der Waals surface area contributed by atoms with Crippen LogP contribution in [-0.4, -0.2) is 17.3 Å². The minimum atomic E-state index is 0.289. The molecule has 0 aliphatic carbocycles. The zero-order chi connectivity index (χ0) is 10.0. The zero-order valence-corrected chi connectivity index (χ0v) is 10.1. The van der Waals surface area contributed by atoms with E-state index >= 15 is 0 Å². The predicted molar refractivity (Wildman–Crippen MR) is 63.9 cm³/mol. The van der Waals surface area contributed by atoms with E-state index in [9.17, 15) is 0 Å². The summed E-state index contributed by atoms with van der Waals surface area (Å²) in [5.41, 5.74) is 5.53. The summed E-state index contributed by atoms with van der Waals surface area (Å²) < 4.78 is 0.289. The molecular weight excluding hydrogens is 212 g/mol. The lowest BCUT2D eigenvalue weighted by Gasteiger charge is -2.18. The van der Waals surface area contributed by atoms with Crippen LogP contribution in [0, 0.1) is 0 Å². The lowest BCUT2D eigenvalue weighted by atomic mass is 10.1. The van der Waals surface area contributed by atoms with E-state index in [0.29, 0.717) is 0 Å². The predicted octanol–water partition coefficient (Wildman–Crippen LogP) is 2.39. The third-order valence-corrected chi connectivity index (χ3v) is 5.59. The van der Waals surface area contributed by atoms with Crippen molar-refractivity contribution in [1.29, 1.82) is 0 Å². The first-order valence-corrected chi connectivity index (χ1v) is 6.84. The maximum absolute atomic E-state index is 5.53. The quantitative estimate of drug-likeness (QED) is 0.863. The molecule has 2 nitrogen and oxygen atoms in total. The number of aromatic nitrogens is 1. The first-order chi connectivity index (χ1) is 6.74. The monoisotopic (exact) mass is 228 g/mol. The first kappa shape index (κ1) is 10.5. The molecule has 1 unspecified atom stereocenters. The number of thiazole rings is 1. The SMILES string of the molecule is CC1(c2ncc(CCN)s2)CCCS1.